The van der Waals surface area contributed by atoms with E-state index in [9.17, 15) is 4.79 Å². The van der Waals surface area contributed by atoms with Crippen LogP contribution in [-0.2, 0) is 4.79 Å². The van der Waals surface area contributed by atoms with Crippen LogP contribution in [0.4, 0.5) is 0 Å². The molecule has 0 bridgehead atoms. The smallest absolute Gasteiger partial charge is 0.328 e. The van der Waals surface area contributed by atoms with Crippen LogP contribution < -0.4 is 4.74 Å². The number of carboxylic acid groups (broad SMARTS) is 1. The maximum Gasteiger partial charge on any atom is 0.328 e. The molecule has 0 aliphatic rings. The molecule has 0 heterocycles. The van der Waals surface area contributed by atoms with E-state index in [-0.39, 0.29) is 6.10 Å². The first kappa shape index (κ1) is 12.8. The highest BCUT2D eigenvalue weighted by molar-refractivity contribution is 9.10. The molecule has 0 atom stereocenters. The van der Waals surface area contributed by atoms with E-state index in [2.05, 4.69) is 15.9 Å². The van der Waals surface area contributed by atoms with Crippen molar-refractivity contribution in [3.63, 3.8) is 0 Å². The number of hydrogen-bond acceptors (Lipinski definition) is 2. The van der Waals surface area contributed by atoms with Gasteiger partial charge in [-0.25, -0.2) is 4.79 Å². The molecule has 86 valence electrons. The van der Waals surface area contributed by atoms with Gasteiger partial charge in [0, 0.05) is 11.6 Å². The Morgan fingerprint density at radius 3 is 2.75 bits per heavy atom. The molecule has 1 aromatic carbocycles. The van der Waals surface area contributed by atoms with Crippen LogP contribution in [0.3, 0.4) is 0 Å². The molecular weight excluding hydrogens is 272 g/mol. The van der Waals surface area contributed by atoms with Crippen molar-refractivity contribution in [2.24, 2.45) is 0 Å². The van der Waals surface area contributed by atoms with Crippen LogP contribution in [0.1, 0.15) is 19.4 Å². The van der Waals surface area contributed by atoms with E-state index >= 15 is 0 Å². The van der Waals surface area contributed by atoms with Gasteiger partial charge in [0.05, 0.1) is 10.6 Å². The molecule has 4 heteroatoms. The summed E-state index contributed by atoms with van der Waals surface area (Å²) in [5.41, 5.74) is 0.741. The van der Waals surface area contributed by atoms with Gasteiger partial charge in [-0.15, -0.1) is 0 Å². The van der Waals surface area contributed by atoms with E-state index in [0.717, 1.165) is 16.1 Å². The van der Waals surface area contributed by atoms with Crippen molar-refractivity contribution >= 4 is 28.0 Å². The number of rotatable bonds is 4. The molecule has 0 saturated heterocycles. The largest absolute Gasteiger partial charge is 0.489 e. The molecule has 1 N–H and O–H groups in total. The van der Waals surface area contributed by atoms with Crippen LogP contribution in [0.15, 0.2) is 28.7 Å². The predicted molar refractivity (Wildman–Crippen MR) is 66.6 cm³/mol. The third kappa shape index (κ3) is 3.70. The number of ether oxygens (including phenoxy) is 1. The Morgan fingerprint density at radius 2 is 2.19 bits per heavy atom. The van der Waals surface area contributed by atoms with Crippen LogP contribution in [-0.4, -0.2) is 17.2 Å². The highest BCUT2D eigenvalue weighted by Gasteiger charge is 2.07. The number of carbonyl (C=O) groups is 1. The standard InChI is InChI=1S/C12H13BrO3/c1-8(2)16-12-9(6-7-11(14)15)4-3-5-10(12)13/h3-8H,1-2H3,(H,14,15)/b7-6+. The molecule has 0 aromatic heterocycles. The third-order valence-corrected chi connectivity index (χ3v) is 2.38. The Balaban J connectivity index is 3.07. The van der Waals surface area contributed by atoms with Crippen molar-refractivity contribution in [2.45, 2.75) is 20.0 Å². The second-order valence-corrected chi connectivity index (χ2v) is 4.35. The molecule has 0 aliphatic heterocycles. The second kappa shape index (κ2) is 5.70. The Morgan fingerprint density at radius 1 is 1.50 bits per heavy atom. The first-order chi connectivity index (χ1) is 7.50. The average molecular weight is 285 g/mol. The maximum absolute atomic E-state index is 10.5. The molecule has 0 fully saturated rings. The number of halogens is 1. The monoisotopic (exact) mass is 284 g/mol. The highest BCUT2D eigenvalue weighted by atomic mass is 79.9. The summed E-state index contributed by atoms with van der Waals surface area (Å²) in [6.45, 7) is 3.84. The van der Waals surface area contributed by atoms with Gasteiger partial charge in [-0.3, -0.25) is 0 Å². The Hall–Kier alpha value is -1.29. The molecule has 16 heavy (non-hydrogen) atoms. The first-order valence-corrected chi connectivity index (χ1v) is 5.66. The van der Waals surface area contributed by atoms with Crippen molar-refractivity contribution < 1.29 is 14.6 Å². The maximum atomic E-state index is 10.5. The molecular formula is C12H13BrO3. The fraction of sp³-hybridized carbons (Fsp3) is 0.250. The van der Waals surface area contributed by atoms with E-state index in [1.807, 2.05) is 32.0 Å². The molecule has 1 rings (SSSR count). The minimum absolute atomic E-state index is 0.0377. The summed E-state index contributed by atoms with van der Waals surface area (Å²) in [6.07, 6.45) is 2.65. The van der Waals surface area contributed by atoms with Gasteiger partial charge >= 0.3 is 5.97 Å². The lowest BCUT2D eigenvalue weighted by Gasteiger charge is -2.13. The third-order valence-electron chi connectivity index (χ3n) is 1.76. The summed E-state index contributed by atoms with van der Waals surface area (Å²) in [4.78, 5) is 10.5. The van der Waals surface area contributed by atoms with Crippen molar-refractivity contribution in [3.05, 3.63) is 34.3 Å². The van der Waals surface area contributed by atoms with Crippen LogP contribution in [0.2, 0.25) is 0 Å². The summed E-state index contributed by atoms with van der Waals surface area (Å²) in [5.74, 6) is -0.314. The zero-order valence-electron chi connectivity index (χ0n) is 9.11. The fourth-order valence-electron chi connectivity index (χ4n) is 1.18. The van der Waals surface area contributed by atoms with E-state index in [0.29, 0.717) is 5.75 Å². The van der Waals surface area contributed by atoms with Gasteiger partial charge in [0.25, 0.3) is 0 Å². The fourth-order valence-corrected chi connectivity index (χ4v) is 1.65. The summed E-state index contributed by atoms with van der Waals surface area (Å²) in [7, 11) is 0. The average Bonchev–Trinajstić information content (AvgIpc) is 2.18. The van der Waals surface area contributed by atoms with Crippen LogP contribution >= 0.6 is 15.9 Å². The van der Waals surface area contributed by atoms with E-state index in [1.54, 1.807) is 0 Å². The van der Waals surface area contributed by atoms with Crippen molar-refractivity contribution in [3.8, 4) is 5.75 Å². The Kier molecular flexibility index (Phi) is 4.55. The minimum atomic E-state index is -0.976. The summed E-state index contributed by atoms with van der Waals surface area (Å²) >= 11 is 3.38. The van der Waals surface area contributed by atoms with Gasteiger partial charge in [0.15, 0.2) is 0 Å². The molecule has 0 amide bonds. The van der Waals surface area contributed by atoms with E-state index in [4.69, 9.17) is 9.84 Å². The molecule has 3 nitrogen and oxygen atoms in total. The van der Waals surface area contributed by atoms with Gasteiger partial charge in [0.1, 0.15) is 5.75 Å². The lowest BCUT2D eigenvalue weighted by molar-refractivity contribution is -0.131. The summed E-state index contributed by atoms with van der Waals surface area (Å²) in [5, 5.41) is 8.58. The molecule has 0 unspecified atom stereocenters. The first-order valence-electron chi connectivity index (χ1n) is 4.87. The van der Waals surface area contributed by atoms with Crippen molar-refractivity contribution in [2.75, 3.05) is 0 Å². The van der Waals surface area contributed by atoms with Crippen LogP contribution in [0.25, 0.3) is 6.08 Å². The van der Waals surface area contributed by atoms with Crippen molar-refractivity contribution in [1.82, 2.24) is 0 Å². The highest BCUT2D eigenvalue weighted by Crippen LogP contribution is 2.30. The van der Waals surface area contributed by atoms with Gasteiger partial charge in [-0.2, -0.15) is 0 Å². The quantitative estimate of drug-likeness (QED) is 0.863. The lowest BCUT2D eigenvalue weighted by Crippen LogP contribution is -2.07. The van der Waals surface area contributed by atoms with Crippen LogP contribution in [0, 0.1) is 0 Å². The van der Waals surface area contributed by atoms with Crippen LogP contribution in [0.5, 0.6) is 5.75 Å². The number of hydrogen-bond donors (Lipinski definition) is 1. The minimum Gasteiger partial charge on any atom is -0.489 e. The molecule has 0 radical (unpaired) electrons. The van der Waals surface area contributed by atoms with Gasteiger partial charge < -0.3 is 9.84 Å². The zero-order chi connectivity index (χ0) is 12.1. The Bertz CT molecular complexity index is 411. The number of para-hydroxylation sites is 1. The van der Waals surface area contributed by atoms with Gasteiger partial charge in [0.2, 0.25) is 0 Å². The van der Waals surface area contributed by atoms with Gasteiger partial charge in [-0.05, 0) is 41.9 Å². The summed E-state index contributed by atoms with van der Waals surface area (Å²) < 4.78 is 6.43. The normalized spacial score (nSPS) is 11.0. The molecule has 1 aromatic rings. The van der Waals surface area contributed by atoms with E-state index < -0.39 is 5.97 Å². The number of aliphatic carboxylic acids is 1. The number of benzene rings is 1. The predicted octanol–water partition coefficient (Wildman–Crippen LogP) is 3.33. The number of carboxylic acids is 1. The lowest BCUT2D eigenvalue weighted by atomic mass is 10.2. The molecule has 0 spiro atoms. The zero-order valence-corrected chi connectivity index (χ0v) is 10.7. The van der Waals surface area contributed by atoms with Gasteiger partial charge in [-0.1, -0.05) is 12.1 Å². The molecule has 0 aliphatic carbocycles. The van der Waals surface area contributed by atoms with Crippen molar-refractivity contribution in [1.29, 1.82) is 0 Å². The SMILES string of the molecule is CC(C)Oc1c(Br)cccc1/C=C/C(=O)O. The second-order valence-electron chi connectivity index (χ2n) is 3.50. The molecule has 0 saturated carbocycles. The summed E-state index contributed by atoms with van der Waals surface area (Å²) in [6, 6.07) is 5.50. The Labute approximate surface area is 103 Å². The van der Waals surface area contributed by atoms with E-state index in [1.165, 1.54) is 6.08 Å². The topological polar surface area (TPSA) is 46.5 Å².